The van der Waals surface area contributed by atoms with Crippen LogP contribution in [0, 0.1) is 11.8 Å². The predicted octanol–water partition coefficient (Wildman–Crippen LogP) is -0.196. The summed E-state index contributed by atoms with van der Waals surface area (Å²) < 4.78 is 1.65. The van der Waals surface area contributed by atoms with Gasteiger partial charge in [-0.25, -0.2) is 5.48 Å². The van der Waals surface area contributed by atoms with Crippen LogP contribution in [0.4, 0.5) is 0 Å². The maximum atomic E-state index is 12.1. The van der Waals surface area contributed by atoms with Gasteiger partial charge in [-0.2, -0.15) is 5.10 Å². The molecule has 8 heteroatoms. The first-order valence-corrected chi connectivity index (χ1v) is 7.45. The largest absolute Gasteiger partial charge is 0.391 e. The number of aliphatic hydroxyl groups excluding tert-OH is 1. The lowest BCUT2D eigenvalue weighted by Crippen LogP contribution is -2.51. The Morgan fingerprint density at radius 2 is 1.88 bits per heavy atom. The van der Waals surface area contributed by atoms with Crippen LogP contribution < -0.4 is 10.8 Å². The molecule has 0 unspecified atom stereocenters. The molecular weight excluding hydrogens is 324 g/mol. The quantitative estimate of drug-likeness (QED) is 0.349. The van der Waals surface area contributed by atoms with Crippen molar-refractivity contribution in [2.24, 2.45) is 7.05 Å². The number of carbonyl (C=O) groups excluding carboxylic acids is 2. The van der Waals surface area contributed by atoms with Crippen LogP contribution in [0.15, 0.2) is 36.5 Å². The summed E-state index contributed by atoms with van der Waals surface area (Å²) >= 11 is 0. The average molecular weight is 342 g/mol. The molecule has 0 aliphatic heterocycles. The van der Waals surface area contributed by atoms with Gasteiger partial charge in [0.2, 0.25) is 0 Å². The average Bonchev–Trinajstić information content (AvgIpc) is 3.02. The third kappa shape index (κ3) is 4.67. The molecule has 8 nitrogen and oxygen atoms in total. The molecule has 130 valence electrons. The van der Waals surface area contributed by atoms with Crippen molar-refractivity contribution in [1.29, 1.82) is 0 Å². The topological polar surface area (TPSA) is 116 Å². The second-order valence-electron chi connectivity index (χ2n) is 5.34. The molecule has 4 N–H and O–H groups in total. The Kier molecular flexibility index (Phi) is 5.89. The minimum absolute atomic E-state index is 0.294. The summed E-state index contributed by atoms with van der Waals surface area (Å²) in [4.78, 5) is 23.6. The summed E-state index contributed by atoms with van der Waals surface area (Å²) in [6.45, 7) is 1.33. The van der Waals surface area contributed by atoms with E-state index in [1.54, 1.807) is 48.3 Å². The lowest BCUT2D eigenvalue weighted by Gasteiger charge is -2.19. The minimum Gasteiger partial charge on any atom is -0.391 e. The van der Waals surface area contributed by atoms with E-state index in [0.29, 0.717) is 11.1 Å². The van der Waals surface area contributed by atoms with Gasteiger partial charge in [0.15, 0.2) is 0 Å². The molecule has 1 aromatic carbocycles. The first kappa shape index (κ1) is 18.2. The lowest BCUT2D eigenvalue weighted by molar-refractivity contribution is -0.133. The summed E-state index contributed by atoms with van der Waals surface area (Å²) in [7, 11) is 1.79. The van der Waals surface area contributed by atoms with Crippen LogP contribution in [0.2, 0.25) is 0 Å². The highest BCUT2D eigenvalue weighted by molar-refractivity contribution is 5.97. The highest BCUT2D eigenvalue weighted by Gasteiger charge is 2.25. The number of nitrogens with zero attached hydrogens (tertiary/aromatic N) is 2. The molecule has 0 saturated heterocycles. The molecule has 0 aliphatic carbocycles. The molecule has 2 rings (SSSR count). The van der Waals surface area contributed by atoms with Crippen LogP contribution in [0.25, 0.3) is 0 Å². The van der Waals surface area contributed by atoms with Gasteiger partial charge in [0, 0.05) is 18.2 Å². The van der Waals surface area contributed by atoms with Crippen molar-refractivity contribution >= 4 is 11.8 Å². The molecule has 0 radical (unpaired) electrons. The molecule has 0 saturated carbocycles. The second kappa shape index (κ2) is 8.10. The van der Waals surface area contributed by atoms with Crippen molar-refractivity contribution < 1.29 is 19.9 Å². The minimum atomic E-state index is -1.26. The van der Waals surface area contributed by atoms with Crippen molar-refractivity contribution in [3.05, 3.63) is 53.3 Å². The van der Waals surface area contributed by atoms with Crippen LogP contribution in [0.1, 0.15) is 28.5 Å². The smallest absolute Gasteiger partial charge is 0.268 e. The number of hydrogen-bond acceptors (Lipinski definition) is 5. The van der Waals surface area contributed by atoms with E-state index in [2.05, 4.69) is 22.3 Å². The molecule has 2 atom stereocenters. The van der Waals surface area contributed by atoms with Crippen molar-refractivity contribution in [3.8, 4) is 11.8 Å². The molecule has 1 heterocycles. The number of aliphatic hydroxyl groups is 1. The zero-order valence-corrected chi connectivity index (χ0v) is 13.7. The number of aromatic nitrogens is 2. The lowest BCUT2D eigenvalue weighted by atomic mass is 10.1. The fraction of sp³-hybridized carbons (Fsp3) is 0.235. The van der Waals surface area contributed by atoms with E-state index in [0.717, 1.165) is 5.69 Å². The number of amides is 2. The summed E-state index contributed by atoms with van der Waals surface area (Å²) in [6.07, 6.45) is 0.485. The maximum absolute atomic E-state index is 12.1. The molecule has 0 fully saturated rings. The molecule has 0 bridgehead atoms. The highest BCUT2D eigenvalue weighted by atomic mass is 16.5. The van der Waals surface area contributed by atoms with Gasteiger partial charge in [0.25, 0.3) is 11.8 Å². The number of hydrogen-bond donors (Lipinski definition) is 4. The first-order valence-electron chi connectivity index (χ1n) is 7.45. The number of carbonyl (C=O) groups is 2. The van der Waals surface area contributed by atoms with Gasteiger partial charge in [-0.3, -0.25) is 19.5 Å². The van der Waals surface area contributed by atoms with Gasteiger partial charge >= 0.3 is 0 Å². The van der Waals surface area contributed by atoms with Gasteiger partial charge in [-0.15, -0.1) is 0 Å². The Bertz CT molecular complexity index is 815. The molecule has 0 aliphatic rings. The van der Waals surface area contributed by atoms with Crippen molar-refractivity contribution in [2.75, 3.05) is 0 Å². The van der Waals surface area contributed by atoms with Gasteiger partial charge < -0.3 is 10.4 Å². The molecule has 2 aromatic rings. The number of hydroxylamine groups is 1. The summed E-state index contributed by atoms with van der Waals surface area (Å²) in [6, 6.07) is 6.97. The van der Waals surface area contributed by atoms with E-state index in [4.69, 9.17) is 5.21 Å². The first-order chi connectivity index (χ1) is 11.9. The fourth-order valence-corrected chi connectivity index (χ4v) is 2.04. The van der Waals surface area contributed by atoms with Gasteiger partial charge in [0.05, 0.1) is 12.3 Å². The van der Waals surface area contributed by atoms with E-state index in [-0.39, 0.29) is 0 Å². The van der Waals surface area contributed by atoms with Gasteiger partial charge in [0.1, 0.15) is 11.7 Å². The zero-order chi connectivity index (χ0) is 18.4. The summed E-state index contributed by atoms with van der Waals surface area (Å²) in [5, 5.41) is 24.5. The van der Waals surface area contributed by atoms with Crippen LogP contribution in [-0.4, -0.2) is 44.1 Å². The third-order valence-corrected chi connectivity index (χ3v) is 3.46. The van der Waals surface area contributed by atoms with Crippen LogP contribution in [0.5, 0.6) is 0 Å². The Labute approximate surface area is 144 Å². The van der Waals surface area contributed by atoms with E-state index in [9.17, 15) is 14.7 Å². The highest BCUT2D eigenvalue weighted by Crippen LogP contribution is 2.05. The number of nitrogens with one attached hydrogen (secondary N) is 2. The van der Waals surface area contributed by atoms with Crippen molar-refractivity contribution in [2.45, 2.75) is 19.1 Å². The second-order valence-corrected chi connectivity index (χ2v) is 5.34. The van der Waals surface area contributed by atoms with E-state index < -0.39 is 24.0 Å². The number of aryl methyl sites for hydroxylation is 1. The Morgan fingerprint density at radius 3 is 2.40 bits per heavy atom. The van der Waals surface area contributed by atoms with Gasteiger partial charge in [-0.1, -0.05) is 5.92 Å². The molecular formula is C17H18N4O4. The van der Waals surface area contributed by atoms with E-state index >= 15 is 0 Å². The van der Waals surface area contributed by atoms with E-state index in [1.165, 1.54) is 12.4 Å². The SMILES string of the molecule is C[C@@H](O)[C@H](NC(=O)c1ccc(C#Cc2ccnn2C)cc1)C(=O)NO. The summed E-state index contributed by atoms with van der Waals surface area (Å²) in [5.41, 5.74) is 3.17. The standard InChI is InChI=1S/C17H18N4O4/c1-11(22)15(17(24)20-25)19-16(23)13-6-3-12(4-7-13)5-8-14-9-10-18-21(14)2/h3-4,6-7,9-11,15,22,25H,1-2H3,(H,19,23)(H,20,24)/t11-,15+/m1/s1. The molecule has 25 heavy (non-hydrogen) atoms. The van der Waals surface area contributed by atoms with Gasteiger partial charge in [-0.05, 0) is 43.2 Å². The van der Waals surface area contributed by atoms with E-state index in [1.807, 2.05) is 0 Å². The molecule has 1 aromatic heterocycles. The van der Waals surface area contributed by atoms with Crippen LogP contribution in [0.3, 0.4) is 0 Å². The molecule has 0 spiro atoms. The fourth-order valence-electron chi connectivity index (χ4n) is 2.04. The number of rotatable bonds is 4. The maximum Gasteiger partial charge on any atom is 0.268 e. The van der Waals surface area contributed by atoms with Crippen LogP contribution in [-0.2, 0) is 11.8 Å². The van der Waals surface area contributed by atoms with Crippen LogP contribution >= 0.6 is 0 Å². The Morgan fingerprint density at radius 1 is 1.20 bits per heavy atom. The monoisotopic (exact) mass is 342 g/mol. The third-order valence-electron chi connectivity index (χ3n) is 3.46. The Hall–Kier alpha value is -3.15. The number of benzene rings is 1. The Balaban J connectivity index is 2.09. The molecule has 2 amide bonds. The zero-order valence-electron chi connectivity index (χ0n) is 13.7. The summed E-state index contributed by atoms with van der Waals surface area (Å²) in [5.74, 6) is 4.47. The van der Waals surface area contributed by atoms with Crippen molar-refractivity contribution in [1.82, 2.24) is 20.6 Å². The normalized spacial score (nSPS) is 12.5. The van der Waals surface area contributed by atoms with Crippen molar-refractivity contribution in [3.63, 3.8) is 0 Å². The predicted molar refractivity (Wildman–Crippen MR) is 88.5 cm³/mol.